The number of nitrogens with one attached hydrogen (secondary N) is 1. The molecule has 1 aliphatic rings. The fourth-order valence-electron chi connectivity index (χ4n) is 1.89. The highest BCUT2D eigenvalue weighted by molar-refractivity contribution is 6.30. The second-order valence-corrected chi connectivity index (χ2v) is 4.36. The van der Waals surface area contributed by atoms with Gasteiger partial charge in [-0.15, -0.1) is 0 Å². The van der Waals surface area contributed by atoms with Gasteiger partial charge in [0, 0.05) is 17.5 Å². The molecule has 3 nitrogen and oxygen atoms in total. The molecule has 0 aromatic heterocycles. The summed E-state index contributed by atoms with van der Waals surface area (Å²) in [7, 11) is 0. The van der Waals surface area contributed by atoms with Gasteiger partial charge in [-0.1, -0.05) is 11.6 Å². The van der Waals surface area contributed by atoms with Crippen LogP contribution in [0.1, 0.15) is 18.1 Å². The van der Waals surface area contributed by atoms with E-state index in [1.165, 1.54) is 5.56 Å². The van der Waals surface area contributed by atoms with Crippen molar-refractivity contribution in [1.29, 1.82) is 0 Å². The van der Waals surface area contributed by atoms with Crippen molar-refractivity contribution in [2.75, 3.05) is 6.61 Å². The van der Waals surface area contributed by atoms with Crippen LogP contribution in [0, 0.1) is 0 Å². The zero-order valence-electron chi connectivity index (χ0n) is 8.72. The number of fused-ring (bicyclic) bond motifs is 1. The van der Waals surface area contributed by atoms with Crippen LogP contribution in [0.2, 0.25) is 5.02 Å². The molecule has 1 heterocycles. The highest BCUT2D eigenvalue weighted by Gasteiger charge is 2.18. The van der Waals surface area contributed by atoms with Gasteiger partial charge in [0.05, 0.1) is 6.61 Å². The van der Waals surface area contributed by atoms with Crippen molar-refractivity contribution >= 4 is 11.6 Å². The van der Waals surface area contributed by atoms with Crippen molar-refractivity contribution in [2.45, 2.75) is 25.8 Å². The van der Waals surface area contributed by atoms with Crippen LogP contribution in [0.15, 0.2) is 12.1 Å². The van der Waals surface area contributed by atoms with E-state index in [9.17, 15) is 0 Å². The molecule has 4 heteroatoms. The minimum absolute atomic E-state index is 0.219. The molecule has 3 N–H and O–H groups in total. The van der Waals surface area contributed by atoms with Gasteiger partial charge in [-0.25, -0.2) is 0 Å². The van der Waals surface area contributed by atoms with E-state index in [0.717, 1.165) is 35.8 Å². The van der Waals surface area contributed by atoms with E-state index in [0.29, 0.717) is 0 Å². The predicted molar refractivity (Wildman–Crippen MR) is 61.1 cm³/mol. The molecule has 15 heavy (non-hydrogen) atoms. The van der Waals surface area contributed by atoms with Crippen molar-refractivity contribution in [2.24, 2.45) is 5.84 Å². The highest BCUT2D eigenvalue weighted by atomic mass is 35.5. The van der Waals surface area contributed by atoms with Crippen LogP contribution in [0.4, 0.5) is 0 Å². The zero-order chi connectivity index (χ0) is 10.8. The lowest BCUT2D eigenvalue weighted by molar-refractivity contribution is 0.352. The van der Waals surface area contributed by atoms with Gasteiger partial charge in [0.25, 0.3) is 0 Å². The second kappa shape index (κ2) is 4.39. The molecule has 0 spiro atoms. The first-order valence-corrected chi connectivity index (χ1v) is 5.48. The van der Waals surface area contributed by atoms with Crippen molar-refractivity contribution in [1.82, 2.24) is 5.43 Å². The molecule has 0 fully saturated rings. The molecule has 1 aromatic carbocycles. The number of rotatable bonds is 3. The third-order valence-electron chi connectivity index (χ3n) is 2.64. The number of hydrogen-bond donors (Lipinski definition) is 2. The summed E-state index contributed by atoms with van der Waals surface area (Å²) in [6.45, 7) is 2.79. The van der Waals surface area contributed by atoms with E-state index in [-0.39, 0.29) is 6.04 Å². The molecule has 2 rings (SSSR count). The predicted octanol–water partition coefficient (Wildman–Crippen LogP) is 1.67. The maximum absolute atomic E-state index is 6.05. The maximum Gasteiger partial charge on any atom is 0.125 e. The van der Waals surface area contributed by atoms with Crippen molar-refractivity contribution in [3.05, 3.63) is 28.3 Å². The second-order valence-electron chi connectivity index (χ2n) is 3.92. The quantitative estimate of drug-likeness (QED) is 0.609. The smallest absolute Gasteiger partial charge is 0.125 e. The summed E-state index contributed by atoms with van der Waals surface area (Å²) in [5.74, 6) is 6.38. The topological polar surface area (TPSA) is 47.3 Å². The third kappa shape index (κ3) is 2.25. The Bertz CT molecular complexity index is 368. The molecule has 0 radical (unpaired) electrons. The molecular weight excluding hydrogens is 212 g/mol. The molecule has 0 saturated heterocycles. The van der Waals surface area contributed by atoms with Gasteiger partial charge in [-0.05, 0) is 36.6 Å². The minimum atomic E-state index is 0.219. The molecule has 0 bridgehead atoms. The van der Waals surface area contributed by atoms with E-state index in [2.05, 4.69) is 5.43 Å². The van der Waals surface area contributed by atoms with Gasteiger partial charge < -0.3 is 4.74 Å². The standard InChI is InChI=1S/C11H15ClN2O/c1-7(14-13)4-9-6-10(12)5-8-2-3-15-11(8)9/h5-7,14H,2-4,13H2,1H3. The van der Waals surface area contributed by atoms with Crippen molar-refractivity contribution in [3.63, 3.8) is 0 Å². The molecule has 1 aromatic rings. The fraction of sp³-hybridized carbons (Fsp3) is 0.455. The Hall–Kier alpha value is -0.770. The van der Waals surface area contributed by atoms with Crippen LogP contribution in [0.25, 0.3) is 0 Å². The summed E-state index contributed by atoms with van der Waals surface area (Å²) in [6, 6.07) is 4.16. The summed E-state index contributed by atoms with van der Waals surface area (Å²) in [4.78, 5) is 0. The monoisotopic (exact) mass is 226 g/mol. The van der Waals surface area contributed by atoms with Crippen LogP contribution in [0.5, 0.6) is 5.75 Å². The van der Waals surface area contributed by atoms with Crippen LogP contribution in [0.3, 0.4) is 0 Å². The lowest BCUT2D eigenvalue weighted by Gasteiger charge is -2.13. The average molecular weight is 227 g/mol. The van der Waals surface area contributed by atoms with Crippen LogP contribution in [-0.2, 0) is 12.8 Å². The SMILES string of the molecule is CC(Cc1cc(Cl)cc2c1OCC2)NN. The van der Waals surface area contributed by atoms with Crippen LogP contribution < -0.4 is 16.0 Å². The number of ether oxygens (including phenoxy) is 1. The summed E-state index contributed by atoms with van der Waals surface area (Å²) < 4.78 is 5.60. The molecule has 0 aliphatic carbocycles. The lowest BCUT2D eigenvalue weighted by Crippen LogP contribution is -2.34. The minimum Gasteiger partial charge on any atom is -0.493 e. The third-order valence-corrected chi connectivity index (χ3v) is 2.85. The summed E-state index contributed by atoms with van der Waals surface area (Å²) in [6.07, 6.45) is 1.78. The summed E-state index contributed by atoms with van der Waals surface area (Å²) >= 11 is 6.05. The number of hydrazine groups is 1. The maximum atomic E-state index is 6.05. The van der Waals surface area contributed by atoms with Gasteiger partial charge in [0.1, 0.15) is 5.75 Å². The summed E-state index contributed by atoms with van der Waals surface area (Å²) in [5, 5.41) is 0.776. The number of nitrogens with two attached hydrogens (primary N) is 1. The Morgan fingerprint density at radius 2 is 2.40 bits per heavy atom. The molecule has 0 amide bonds. The van der Waals surface area contributed by atoms with E-state index < -0.39 is 0 Å². The van der Waals surface area contributed by atoms with Gasteiger partial charge in [0.2, 0.25) is 0 Å². The Kier molecular flexibility index (Phi) is 3.14. The van der Waals surface area contributed by atoms with E-state index >= 15 is 0 Å². The number of hydrogen-bond acceptors (Lipinski definition) is 3. The van der Waals surface area contributed by atoms with Gasteiger partial charge in [-0.3, -0.25) is 11.3 Å². The first-order valence-electron chi connectivity index (χ1n) is 5.11. The van der Waals surface area contributed by atoms with Crippen molar-refractivity contribution in [3.8, 4) is 5.75 Å². The fourth-order valence-corrected chi connectivity index (χ4v) is 2.15. The lowest BCUT2D eigenvalue weighted by atomic mass is 10.0. The molecule has 1 atom stereocenters. The zero-order valence-corrected chi connectivity index (χ0v) is 9.47. The Labute approximate surface area is 94.5 Å². The van der Waals surface area contributed by atoms with E-state index in [4.69, 9.17) is 22.2 Å². The molecule has 0 saturated carbocycles. The average Bonchev–Trinajstić information content (AvgIpc) is 2.65. The molecule has 1 aliphatic heterocycles. The van der Waals surface area contributed by atoms with Gasteiger partial charge >= 0.3 is 0 Å². The van der Waals surface area contributed by atoms with Crippen LogP contribution >= 0.6 is 11.6 Å². The first kappa shape index (κ1) is 10.7. The Morgan fingerprint density at radius 3 is 3.13 bits per heavy atom. The first-order chi connectivity index (χ1) is 7.20. The number of benzene rings is 1. The van der Waals surface area contributed by atoms with Gasteiger partial charge in [-0.2, -0.15) is 0 Å². The molecular formula is C11H15ClN2O. The Balaban J connectivity index is 2.30. The normalized spacial score (nSPS) is 15.9. The molecule has 82 valence electrons. The largest absolute Gasteiger partial charge is 0.493 e. The van der Waals surface area contributed by atoms with Crippen molar-refractivity contribution < 1.29 is 4.74 Å². The van der Waals surface area contributed by atoms with Gasteiger partial charge in [0.15, 0.2) is 0 Å². The van der Waals surface area contributed by atoms with Crippen LogP contribution in [-0.4, -0.2) is 12.6 Å². The highest BCUT2D eigenvalue weighted by Crippen LogP contribution is 2.33. The number of halogens is 1. The van der Waals surface area contributed by atoms with E-state index in [1.54, 1.807) is 0 Å². The summed E-state index contributed by atoms with van der Waals surface area (Å²) in [5.41, 5.74) is 5.07. The molecule has 1 unspecified atom stereocenters. The Morgan fingerprint density at radius 1 is 1.60 bits per heavy atom. The van der Waals surface area contributed by atoms with E-state index in [1.807, 2.05) is 19.1 Å².